The molecule has 3 aromatic heterocycles. The Morgan fingerprint density at radius 2 is 2.04 bits per heavy atom. The van der Waals surface area contributed by atoms with Crippen molar-refractivity contribution in [2.24, 2.45) is 7.05 Å². The standard InChI is InChI=1S/C15H13F3N4S/c1-3-23-11-5-4-6-19-13(11)14-21-9-7-12(15(16,17)18)20-8-10(9)22(14)2/h4-8H,3H2,1-2H3. The molecule has 0 aromatic carbocycles. The molecule has 0 bridgehead atoms. The minimum absolute atomic E-state index is 0.253. The van der Waals surface area contributed by atoms with E-state index in [0.29, 0.717) is 17.0 Å². The first-order chi connectivity index (χ1) is 10.9. The van der Waals surface area contributed by atoms with Crippen LogP contribution in [0.1, 0.15) is 12.6 Å². The first-order valence-corrected chi connectivity index (χ1v) is 7.88. The Kier molecular flexibility index (Phi) is 4.01. The molecule has 0 atom stereocenters. The summed E-state index contributed by atoms with van der Waals surface area (Å²) in [5.74, 6) is 1.39. The molecule has 0 N–H and O–H groups in total. The van der Waals surface area contributed by atoms with Gasteiger partial charge in [-0.2, -0.15) is 13.2 Å². The van der Waals surface area contributed by atoms with Crippen molar-refractivity contribution in [3.8, 4) is 11.5 Å². The van der Waals surface area contributed by atoms with Gasteiger partial charge in [0.1, 0.15) is 11.4 Å². The van der Waals surface area contributed by atoms with Crippen LogP contribution in [0.2, 0.25) is 0 Å². The van der Waals surface area contributed by atoms with E-state index in [2.05, 4.69) is 15.0 Å². The number of imidazole rings is 1. The molecule has 120 valence electrons. The molecule has 8 heteroatoms. The van der Waals surface area contributed by atoms with Crippen molar-refractivity contribution in [3.63, 3.8) is 0 Å². The van der Waals surface area contributed by atoms with E-state index in [-0.39, 0.29) is 5.52 Å². The van der Waals surface area contributed by atoms with Crippen molar-refractivity contribution in [2.45, 2.75) is 18.0 Å². The highest BCUT2D eigenvalue weighted by molar-refractivity contribution is 7.99. The SMILES string of the molecule is CCSc1cccnc1-c1nc2cc(C(F)(F)F)ncc2n1C. The lowest BCUT2D eigenvalue weighted by Crippen LogP contribution is -2.07. The first kappa shape index (κ1) is 15.8. The van der Waals surface area contributed by atoms with Gasteiger partial charge in [0.25, 0.3) is 0 Å². The van der Waals surface area contributed by atoms with Gasteiger partial charge in [0, 0.05) is 18.1 Å². The van der Waals surface area contributed by atoms with E-state index in [0.717, 1.165) is 16.7 Å². The number of alkyl halides is 3. The predicted octanol–water partition coefficient (Wildman–Crippen LogP) is 4.16. The molecule has 23 heavy (non-hydrogen) atoms. The Morgan fingerprint density at radius 1 is 1.26 bits per heavy atom. The summed E-state index contributed by atoms with van der Waals surface area (Å²) in [7, 11) is 1.74. The lowest BCUT2D eigenvalue weighted by molar-refractivity contribution is -0.141. The maximum absolute atomic E-state index is 12.8. The number of thioether (sulfide) groups is 1. The fourth-order valence-corrected chi connectivity index (χ4v) is 3.05. The number of nitrogens with zero attached hydrogens (tertiary/aromatic N) is 4. The predicted molar refractivity (Wildman–Crippen MR) is 83.1 cm³/mol. The van der Waals surface area contributed by atoms with E-state index in [9.17, 15) is 13.2 Å². The van der Waals surface area contributed by atoms with Gasteiger partial charge in [-0.3, -0.25) is 4.98 Å². The topological polar surface area (TPSA) is 43.6 Å². The number of hydrogen-bond acceptors (Lipinski definition) is 4. The number of aryl methyl sites for hydroxylation is 1. The second kappa shape index (κ2) is 5.84. The lowest BCUT2D eigenvalue weighted by atomic mass is 10.3. The molecule has 0 aliphatic heterocycles. The molecule has 0 aliphatic carbocycles. The lowest BCUT2D eigenvalue weighted by Gasteiger charge is -2.07. The zero-order valence-electron chi connectivity index (χ0n) is 12.4. The van der Waals surface area contributed by atoms with E-state index >= 15 is 0 Å². The summed E-state index contributed by atoms with van der Waals surface area (Å²) in [6, 6.07) is 4.72. The van der Waals surface area contributed by atoms with Crippen molar-refractivity contribution < 1.29 is 13.2 Å². The Hall–Kier alpha value is -2.09. The van der Waals surface area contributed by atoms with Crippen LogP contribution < -0.4 is 0 Å². The van der Waals surface area contributed by atoms with Crippen molar-refractivity contribution >= 4 is 22.8 Å². The van der Waals surface area contributed by atoms with Gasteiger partial charge in [-0.1, -0.05) is 6.92 Å². The molecule has 3 heterocycles. The molecule has 3 rings (SSSR count). The maximum Gasteiger partial charge on any atom is 0.433 e. The number of pyridine rings is 2. The summed E-state index contributed by atoms with van der Waals surface area (Å²) >= 11 is 1.61. The molecule has 0 amide bonds. The molecule has 0 aliphatic rings. The molecule has 0 fully saturated rings. The van der Waals surface area contributed by atoms with E-state index < -0.39 is 11.9 Å². The fourth-order valence-electron chi connectivity index (χ4n) is 2.29. The second-order valence-electron chi connectivity index (χ2n) is 4.83. The van der Waals surface area contributed by atoms with Crippen LogP contribution in [-0.4, -0.2) is 25.3 Å². The zero-order chi connectivity index (χ0) is 16.6. The van der Waals surface area contributed by atoms with Gasteiger partial charge in [0.15, 0.2) is 5.82 Å². The Morgan fingerprint density at radius 3 is 2.74 bits per heavy atom. The summed E-state index contributed by atoms with van der Waals surface area (Å²) in [6.07, 6.45) is -1.64. The van der Waals surface area contributed by atoms with E-state index in [1.54, 1.807) is 29.6 Å². The van der Waals surface area contributed by atoms with E-state index in [1.807, 2.05) is 19.1 Å². The largest absolute Gasteiger partial charge is 0.433 e. The second-order valence-corrected chi connectivity index (χ2v) is 6.14. The third-order valence-corrected chi connectivity index (χ3v) is 4.27. The molecule has 0 saturated carbocycles. The summed E-state index contributed by atoms with van der Waals surface area (Å²) in [5.41, 5.74) is 0.500. The quantitative estimate of drug-likeness (QED) is 0.673. The van der Waals surface area contributed by atoms with Crippen molar-refractivity contribution in [1.82, 2.24) is 19.5 Å². The highest BCUT2D eigenvalue weighted by Gasteiger charge is 2.33. The highest BCUT2D eigenvalue weighted by Crippen LogP contribution is 2.33. The number of hydrogen-bond donors (Lipinski definition) is 0. The molecule has 4 nitrogen and oxygen atoms in total. The Balaban J connectivity index is 2.18. The van der Waals surface area contributed by atoms with Crippen LogP contribution >= 0.6 is 11.8 Å². The molecular formula is C15H13F3N4S. The Labute approximate surface area is 134 Å². The monoisotopic (exact) mass is 338 g/mol. The fraction of sp³-hybridized carbons (Fsp3) is 0.267. The van der Waals surface area contributed by atoms with Gasteiger partial charge in [0.2, 0.25) is 0 Å². The van der Waals surface area contributed by atoms with Crippen LogP contribution in [0.15, 0.2) is 35.5 Å². The van der Waals surface area contributed by atoms with E-state index in [1.165, 1.54) is 6.20 Å². The minimum atomic E-state index is -4.49. The summed E-state index contributed by atoms with van der Waals surface area (Å²) in [5, 5.41) is 0. The van der Waals surface area contributed by atoms with Crippen LogP contribution in [0.5, 0.6) is 0 Å². The molecule has 0 radical (unpaired) electrons. The molecule has 0 saturated heterocycles. The number of rotatable bonds is 3. The average molecular weight is 338 g/mol. The zero-order valence-corrected chi connectivity index (χ0v) is 13.2. The van der Waals surface area contributed by atoms with E-state index in [4.69, 9.17) is 0 Å². The minimum Gasteiger partial charge on any atom is -0.325 e. The van der Waals surface area contributed by atoms with Crippen LogP contribution in [0.4, 0.5) is 13.2 Å². The van der Waals surface area contributed by atoms with Gasteiger partial charge < -0.3 is 4.57 Å². The third kappa shape index (κ3) is 2.90. The van der Waals surface area contributed by atoms with Crippen LogP contribution in [-0.2, 0) is 13.2 Å². The maximum atomic E-state index is 12.8. The van der Waals surface area contributed by atoms with Crippen molar-refractivity contribution in [2.75, 3.05) is 5.75 Å². The van der Waals surface area contributed by atoms with Crippen molar-refractivity contribution in [1.29, 1.82) is 0 Å². The molecule has 0 spiro atoms. The highest BCUT2D eigenvalue weighted by atomic mass is 32.2. The molecular weight excluding hydrogens is 325 g/mol. The first-order valence-electron chi connectivity index (χ1n) is 6.89. The summed E-state index contributed by atoms with van der Waals surface area (Å²) in [4.78, 5) is 13.1. The summed E-state index contributed by atoms with van der Waals surface area (Å²) < 4.78 is 40.1. The van der Waals surface area contributed by atoms with Gasteiger partial charge in [0.05, 0.1) is 17.2 Å². The van der Waals surface area contributed by atoms with Crippen LogP contribution in [0.25, 0.3) is 22.6 Å². The van der Waals surface area contributed by atoms with Gasteiger partial charge >= 0.3 is 6.18 Å². The molecule has 3 aromatic rings. The average Bonchev–Trinajstić information content (AvgIpc) is 2.84. The van der Waals surface area contributed by atoms with Crippen LogP contribution in [0.3, 0.4) is 0 Å². The summed E-state index contributed by atoms with van der Waals surface area (Å²) in [6.45, 7) is 2.02. The normalized spacial score (nSPS) is 12.0. The molecule has 0 unspecified atom stereocenters. The van der Waals surface area contributed by atoms with Gasteiger partial charge in [-0.25, -0.2) is 9.97 Å². The number of aromatic nitrogens is 4. The van der Waals surface area contributed by atoms with Gasteiger partial charge in [-0.05, 0) is 24.0 Å². The third-order valence-electron chi connectivity index (χ3n) is 3.34. The van der Waals surface area contributed by atoms with Crippen molar-refractivity contribution in [3.05, 3.63) is 36.3 Å². The number of fused-ring (bicyclic) bond motifs is 1. The number of halogens is 3. The smallest absolute Gasteiger partial charge is 0.325 e. The van der Waals surface area contributed by atoms with Crippen LogP contribution in [0, 0.1) is 0 Å². The Bertz CT molecular complexity index is 858. The van der Waals surface area contributed by atoms with Gasteiger partial charge in [-0.15, -0.1) is 11.8 Å².